The van der Waals surface area contributed by atoms with Crippen molar-refractivity contribution in [2.75, 3.05) is 6.54 Å². The monoisotopic (exact) mass is 293 g/mol. The second kappa shape index (κ2) is 7.55. The minimum absolute atomic E-state index is 0.0309. The molecule has 4 heteroatoms. The Labute approximate surface area is 125 Å². The molecule has 0 bridgehead atoms. The van der Waals surface area contributed by atoms with Gasteiger partial charge in [0.2, 0.25) is 0 Å². The molecule has 0 heterocycles. The summed E-state index contributed by atoms with van der Waals surface area (Å²) in [6.45, 7) is 2.88. The van der Waals surface area contributed by atoms with E-state index < -0.39 is 5.97 Å². The molecule has 1 aromatic carbocycles. The van der Waals surface area contributed by atoms with Gasteiger partial charge in [-0.25, -0.2) is 4.39 Å². The topological polar surface area (TPSA) is 49.3 Å². The highest BCUT2D eigenvalue weighted by Gasteiger charge is 2.26. The van der Waals surface area contributed by atoms with E-state index in [1.807, 2.05) is 19.1 Å². The molecule has 1 fully saturated rings. The van der Waals surface area contributed by atoms with Crippen LogP contribution in [-0.2, 0) is 4.79 Å². The molecule has 0 aliphatic heterocycles. The van der Waals surface area contributed by atoms with Gasteiger partial charge in [-0.2, -0.15) is 0 Å². The average molecular weight is 293 g/mol. The van der Waals surface area contributed by atoms with E-state index in [0.717, 1.165) is 44.2 Å². The molecule has 21 heavy (non-hydrogen) atoms. The van der Waals surface area contributed by atoms with Crippen LogP contribution in [0, 0.1) is 17.7 Å². The molecule has 3 nitrogen and oxygen atoms in total. The van der Waals surface area contributed by atoms with E-state index in [0.29, 0.717) is 5.92 Å². The van der Waals surface area contributed by atoms with Crippen molar-refractivity contribution < 1.29 is 14.3 Å². The van der Waals surface area contributed by atoms with Crippen molar-refractivity contribution in [3.05, 3.63) is 35.6 Å². The van der Waals surface area contributed by atoms with Crippen LogP contribution in [0.15, 0.2) is 24.3 Å². The van der Waals surface area contributed by atoms with Crippen LogP contribution in [0.4, 0.5) is 4.39 Å². The van der Waals surface area contributed by atoms with Crippen molar-refractivity contribution in [2.45, 2.75) is 45.1 Å². The number of benzene rings is 1. The first-order chi connectivity index (χ1) is 10.1. The van der Waals surface area contributed by atoms with Gasteiger partial charge < -0.3 is 10.4 Å². The van der Waals surface area contributed by atoms with Gasteiger partial charge in [-0.05, 0) is 50.6 Å². The van der Waals surface area contributed by atoms with Crippen LogP contribution in [0.25, 0.3) is 0 Å². The molecule has 1 saturated carbocycles. The lowest BCUT2D eigenvalue weighted by Gasteiger charge is -2.28. The number of hydrogen-bond acceptors (Lipinski definition) is 2. The van der Waals surface area contributed by atoms with Crippen molar-refractivity contribution in [2.24, 2.45) is 11.8 Å². The van der Waals surface area contributed by atoms with Gasteiger partial charge in [0, 0.05) is 11.6 Å². The predicted octanol–water partition coefficient (Wildman–Crippen LogP) is 3.76. The van der Waals surface area contributed by atoms with E-state index >= 15 is 0 Å². The summed E-state index contributed by atoms with van der Waals surface area (Å²) < 4.78 is 13.8. The third kappa shape index (κ3) is 4.27. The molecule has 0 amide bonds. The molecule has 0 radical (unpaired) electrons. The summed E-state index contributed by atoms with van der Waals surface area (Å²) >= 11 is 0. The summed E-state index contributed by atoms with van der Waals surface area (Å²) in [5.41, 5.74) is 0.722. The Kier molecular flexibility index (Phi) is 5.74. The highest BCUT2D eigenvalue weighted by atomic mass is 19.1. The quantitative estimate of drug-likeness (QED) is 0.839. The average Bonchev–Trinajstić information content (AvgIpc) is 2.50. The summed E-state index contributed by atoms with van der Waals surface area (Å²) in [6.07, 6.45) is 4.25. The first-order valence-corrected chi connectivity index (χ1v) is 7.82. The Morgan fingerprint density at radius 1 is 1.33 bits per heavy atom. The fourth-order valence-electron chi connectivity index (χ4n) is 3.15. The summed E-state index contributed by atoms with van der Waals surface area (Å²) in [7, 11) is 0. The SMILES string of the molecule is CCC(NCC1CCC(C(=O)O)CC1)c1ccccc1F. The lowest BCUT2D eigenvalue weighted by molar-refractivity contribution is -0.143. The normalized spacial score (nSPS) is 23.7. The molecule has 1 aromatic rings. The molecular weight excluding hydrogens is 269 g/mol. The third-order valence-corrected chi connectivity index (χ3v) is 4.54. The zero-order valence-electron chi connectivity index (χ0n) is 12.5. The van der Waals surface area contributed by atoms with Gasteiger partial charge in [0.05, 0.1) is 5.92 Å². The molecular formula is C17H24FNO2. The highest BCUT2D eigenvalue weighted by Crippen LogP contribution is 2.29. The maximum absolute atomic E-state index is 13.8. The van der Waals surface area contributed by atoms with E-state index in [1.165, 1.54) is 6.07 Å². The summed E-state index contributed by atoms with van der Waals surface area (Å²) in [5, 5.41) is 12.5. The summed E-state index contributed by atoms with van der Waals surface area (Å²) in [6, 6.07) is 6.93. The van der Waals surface area contributed by atoms with Crippen LogP contribution in [0.2, 0.25) is 0 Å². The van der Waals surface area contributed by atoms with Crippen LogP contribution in [0.3, 0.4) is 0 Å². The van der Waals surface area contributed by atoms with Crippen LogP contribution in [0.1, 0.15) is 50.6 Å². The lowest BCUT2D eigenvalue weighted by atomic mass is 9.82. The Bertz CT molecular complexity index is 470. The first-order valence-electron chi connectivity index (χ1n) is 7.82. The Balaban J connectivity index is 1.85. The number of carboxylic acids is 1. The molecule has 0 aromatic heterocycles. The Morgan fingerprint density at radius 3 is 2.57 bits per heavy atom. The van der Waals surface area contributed by atoms with Crippen molar-refractivity contribution in [3.63, 3.8) is 0 Å². The Morgan fingerprint density at radius 2 is 2.00 bits per heavy atom. The molecule has 1 aliphatic carbocycles. The van der Waals surface area contributed by atoms with E-state index in [2.05, 4.69) is 5.32 Å². The molecule has 116 valence electrons. The number of nitrogens with one attached hydrogen (secondary N) is 1. The number of carboxylic acid groups (broad SMARTS) is 1. The number of halogens is 1. The summed E-state index contributed by atoms with van der Waals surface area (Å²) in [5.74, 6) is -0.498. The van der Waals surface area contributed by atoms with Crippen LogP contribution < -0.4 is 5.32 Å². The van der Waals surface area contributed by atoms with Gasteiger partial charge in [0.25, 0.3) is 0 Å². The van der Waals surface area contributed by atoms with E-state index in [9.17, 15) is 9.18 Å². The molecule has 1 unspecified atom stereocenters. The zero-order chi connectivity index (χ0) is 15.2. The van der Waals surface area contributed by atoms with Crippen molar-refractivity contribution in [3.8, 4) is 0 Å². The maximum Gasteiger partial charge on any atom is 0.306 e. The number of carbonyl (C=O) groups is 1. The van der Waals surface area contributed by atoms with Crippen LogP contribution >= 0.6 is 0 Å². The molecule has 2 N–H and O–H groups in total. The number of hydrogen-bond donors (Lipinski definition) is 2. The van der Waals surface area contributed by atoms with Crippen LogP contribution in [-0.4, -0.2) is 17.6 Å². The number of aliphatic carboxylic acids is 1. The molecule has 0 saturated heterocycles. The highest BCUT2D eigenvalue weighted by molar-refractivity contribution is 5.69. The zero-order valence-corrected chi connectivity index (χ0v) is 12.5. The molecule has 1 atom stereocenters. The minimum atomic E-state index is -0.667. The standard InChI is InChI=1S/C17H24FNO2/c1-2-16(14-5-3-4-6-15(14)18)19-11-12-7-9-13(10-8-12)17(20)21/h3-6,12-13,16,19H,2,7-11H2,1H3,(H,20,21). The number of rotatable bonds is 6. The molecule has 2 rings (SSSR count). The summed E-state index contributed by atoms with van der Waals surface area (Å²) in [4.78, 5) is 10.9. The maximum atomic E-state index is 13.8. The largest absolute Gasteiger partial charge is 0.481 e. The van der Waals surface area contributed by atoms with Crippen molar-refractivity contribution in [1.29, 1.82) is 0 Å². The van der Waals surface area contributed by atoms with Crippen molar-refractivity contribution >= 4 is 5.97 Å². The third-order valence-electron chi connectivity index (χ3n) is 4.54. The van der Waals surface area contributed by atoms with E-state index in [-0.39, 0.29) is 17.8 Å². The fraction of sp³-hybridized carbons (Fsp3) is 0.588. The van der Waals surface area contributed by atoms with Gasteiger partial charge in [-0.1, -0.05) is 25.1 Å². The Hall–Kier alpha value is -1.42. The van der Waals surface area contributed by atoms with E-state index in [1.54, 1.807) is 6.07 Å². The fourth-order valence-corrected chi connectivity index (χ4v) is 3.15. The van der Waals surface area contributed by atoms with Crippen LogP contribution in [0.5, 0.6) is 0 Å². The van der Waals surface area contributed by atoms with Crippen molar-refractivity contribution in [1.82, 2.24) is 5.32 Å². The van der Waals surface area contributed by atoms with Gasteiger partial charge >= 0.3 is 5.97 Å². The molecule has 0 spiro atoms. The van der Waals surface area contributed by atoms with Gasteiger partial charge in [-0.15, -0.1) is 0 Å². The van der Waals surface area contributed by atoms with E-state index in [4.69, 9.17) is 5.11 Å². The smallest absolute Gasteiger partial charge is 0.306 e. The minimum Gasteiger partial charge on any atom is -0.481 e. The predicted molar refractivity (Wildman–Crippen MR) is 80.5 cm³/mol. The van der Waals surface area contributed by atoms with Gasteiger partial charge in [0.15, 0.2) is 0 Å². The lowest BCUT2D eigenvalue weighted by Crippen LogP contribution is -2.31. The van der Waals surface area contributed by atoms with Gasteiger partial charge in [-0.3, -0.25) is 4.79 Å². The van der Waals surface area contributed by atoms with Gasteiger partial charge in [0.1, 0.15) is 5.82 Å². The second-order valence-electron chi connectivity index (χ2n) is 5.95. The second-order valence-corrected chi connectivity index (χ2v) is 5.95. The first kappa shape index (κ1) is 16.0. The molecule has 1 aliphatic rings.